The number of methoxy groups -OCH3 is 1. The maximum atomic E-state index is 12.1. The summed E-state index contributed by atoms with van der Waals surface area (Å²) >= 11 is 9.40. The van der Waals surface area contributed by atoms with Crippen LogP contribution in [-0.2, 0) is 11.3 Å². The summed E-state index contributed by atoms with van der Waals surface area (Å²) in [6.45, 7) is 0.427. The molecule has 2 aromatic carbocycles. The van der Waals surface area contributed by atoms with Crippen LogP contribution in [0.2, 0.25) is 5.02 Å². The minimum absolute atomic E-state index is 0.118. The van der Waals surface area contributed by atoms with Crippen molar-refractivity contribution in [3.05, 3.63) is 63.2 Å². The molecule has 0 spiro atoms. The number of esters is 1. The van der Waals surface area contributed by atoms with E-state index in [1.165, 1.54) is 7.11 Å². The van der Waals surface area contributed by atoms with Crippen molar-refractivity contribution in [3.8, 4) is 5.75 Å². The first-order valence-electron chi connectivity index (χ1n) is 6.84. The third-order valence-electron chi connectivity index (χ3n) is 3.63. The number of halogens is 2. The molecule has 1 aromatic heterocycles. The summed E-state index contributed by atoms with van der Waals surface area (Å²) in [6.07, 6.45) is 0. The second kappa shape index (κ2) is 6.26. The topological polar surface area (TPSA) is 51.5 Å². The summed E-state index contributed by atoms with van der Waals surface area (Å²) in [5.74, 6) is -0.710. The summed E-state index contributed by atoms with van der Waals surface area (Å²) in [6, 6.07) is 12.9. The van der Waals surface area contributed by atoms with Crippen molar-refractivity contribution in [2.75, 3.05) is 7.11 Å². The predicted octanol–water partition coefficient (Wildman–Crippen LogP) is 4.60. The lowest BCUT2D eigenvalue weighted by molar-refractivity contribution is 0.0586. The molecule has 3 aromatic rings. The van der Waals surface area contributed by atoms with Crippen LogP contribution in [0.3, 0.4) is 0 Å². The van der Waals surface area contributed by atoms with Crippen LogP contribution in [0.15, 0.2) is 46.9 Å². The molecule has 0 bridgehead atoms. The van der Waals surface area contributed by atoms with Gasteiger partial charge in [0.15, 0.2) is 11.4 Å². The SMILES string of the molecule is COC(=O)c1c(O)c2cc(Cl)ccc2n1Cc1ccc(Br)cc1. The van der Waals surface area contributed by atoms with Gasteiger partial charge in [0.25, 0.3) is 0 Å². The van der Waals surface area contributed by atoms with Crippen LogP contribution >= 0.6 is 27.5 Å². The van der Waals surface area contributed by atoms with Crippen molar-refractivity contribution >= 4 is 44.4 Å². The Bertz CT molecular complexity index is 887. The van der Waals surface area contributed by atoms with Crippen LogP contribution in [0, 0.1) is 0 Å². The van der Waals surface area contributed by atoms with Crippen molar-refractivity contribution < 1.29 is 14.6 Å². The molecule has 0 amide bonds. The van der Waals surface area contributed by atoms with Gasteiger partial charge in [-0.3, -0.25) is 0 Å². The Labute approximate surface area is 146 Å². The number of aromatic hydroxyl groups is 1. The van der Waals surface area contributed by atoms with Gasteiger partial charge >= 0.3 is 5.97 Å². The monoisotopic (exact) mass is 393 g/mol. The number of fused-ring (bicyclic) bond motifs is 1. The zero-order valence-corrected chi connectivity index (χ0v) is 14.6. The van der Waals surface area contributed by atoms with Crippen LogP contribution in [0.1, 0.15) is 16.1 Å². The third kappa shape index (κ3) is 2.94. The Morgan fingerprint density at radius 1 is 1.26 bits per heavy atom. The third-order valence-corrected chi connectivity index (χ3v) is 4.40. The maximum absolute atomic E-state index is 12.1. The van der Waals surface area contributed by atoms with Crippen molar-refractivity contribution in [2.24, 2.45) is 0 Å². The molecule has 4 nitrogen and oxygen atoms in total. The highest BCUT2D eigenvalue weighted by Gasteiger charge is 2.23. The Hall–Kier alpha value is -1.98. The van der Waals surface area contributed by atoms with Gasteiger partial charge in [-0.1, -0.05) is 39.7 Å². The lowest BCUT2D eigenvalue weighted by Crippen LogP contribution is -2.11. The summed E-state index contributed by atoms with van der Waals surface area (Å²) < 4.78 is 7.52. The van der Waals surface area contributed by atoms with Crippen molar-refractivity contribution in [1.29, 1.82) is 0 Å². The molecule has 118 valence electrons. The van der Waals surface area contributed by atoms with Crippen molar-refractivity contribution in [2.45, 2.75) is 6.54 Å². The van der Waals surface area contributed by atoms with Crippen molar-refractivity contribution in [3.63, 3.8) is 0 Å². The summed E-state index contributed by atoms with van der Waals surface area (Å²) in [4.78, 5) is 12.1. The second-order valence-corrected chi connectivity index (χ2v) is 6.41. The fourth-order valence-electron chi connectivity index (χ4n) is 2.55. The van der Waals surface area contributed by atoms with E-state index < -0.39 is 5.97 Å². The number of hydrogen-bond donors (Lipinski definition) is 1. The molecule has 0 unspecified atom stereocenters. The van der Waals surface area contributed by atoms with E-state index in [0.29, 0.717) is 17.0 Å². The maximum Gasteiger partial charge on any atom is 0.358 e. The fourth-order valence-corrected chi connectivity index (χ4v) is 2.99. The molecule has 0 fully saturated rings. The van der Waals surface area contributed by atoms with Gasteiger partial charge in [-0.05, 0) is 35.9 Å². The Morgan fingerprint density at radius 3 is 2.61 bits per heavy atom. The van der Waals surface area contributed by atoms with Crippen molar-refractivity contribution in [1.82, 2.24) is 4.57 Å². The van der Waals surface area contributed by atoms with Crippen LogP contribution in [-0.4, -0.2) is 22.8 Å². The molecule has 0 saturated heterocycles. The number of carbonyl (C=O) groups is 1. The number of ether oxygens (including phenoxy) is 1. The van der Waals surface area contributed by atoms with Gasteiger partial charge in [-0.2, -0.15) is 0 Å². The number of nitrogens with zero attached hydrogens (tertiary/aromatic N) is 1. The van der Waals surface area contributed by atoms with Gasteiger partial charge in [0.2, 0.25) is 0 Å². The highest BCUT2D eigenvalue weighted by Crippen LogP contribution is 2.35. The molecule has 3 rings (SSSR count). The Morgan fingerprint density at radius 2 is 1.96 bits per heavy atom. The van der Waals surface area contributed by atoms with Crippen LogP contribution in [0.5, 0.6) is 5.75 Å². The normalized spacial score (nSPS) is 10.9. The van der Waals surface area contributed by atoms with E-state index in [4.69, 9.17) is 16.3 Å². The molecular formula is C17H13BrClNO3. The lowest BCUT2D eigenvalue weighted by Gasteiger charge is -2.10. The number of aromatic nitrogens is 1. The smallest absolute Gasteiger partial charge is 0.358 e. The quantitative estimate of drug-likeness (QED) is 0.661. The standard InChI is InChI=1S/C17H13BrClNO3/c1-23-17(22)15-16(21)13-8-12(19)6-7-14(13)20(15)9-10-2-4-11(18)5-3-10/h2-8,21H,9H2,1H3. The molecule has 0 aliphatic carbocycles. The van der Waals surface area contributed by atoms with Gasteiger partial charge in [0.05, 0.1) is 12.6 Å². The summed E-state index contributed by atoms with van der Waals surface area (Å²) in [7, 11) is 1.29. The minimum Gasteiger partial charge on any atom is -0.505 e. The molecule has 0 radical (unpaired) electrons. The van der Waals surface area contributed by atoms with E-state index in [9.17, 15) is 9.90 Å². The molecule has 1 N–H and O–H groups in total. The highest BCUT2D eigenvalue weighted by atomic mass is 79.9. The molecule has 6 heteroatoms. The number of hydrogen-bond acceptors (Lipinski definition) is 3. The van der Waals surface area contributed by atoms with Crippen LogP contribution in [0.25, 0.3) is 10.9 Å². The minimum atomic E-state index is -0.591. The number of carbonyl (C=O) groups excluding carboxylic acids is 1. The van der Waals surface area contributed by atoms with E-state index in [-0.39, 0.29) is 11.4 Å². The Kier molecular flexibility index (Phi) is 4.33. The average molecular weight is 395 g/mol. The first-order chi connectivity index (χ1) is 11.0. The highest BCUT2D eigenvalue weighted by molar-refractivity contribution is 9.10. The second-order valence-electron chi connectivity index (χ2n) is 5.06. The van der Waals surface area contributed by atoms with E-state index in [2.05, 4.69) is 15.9 Å². The van der Waals surface area contributed by atoms with E-state index >= 15 is 0 Å². The van der Waals surface area contributed by atoms with Gasteiger partial charge in [0, 0.05) is 21.4 Å². The number of rotatable bonds is 3. The van der Waals surface area contributed by atoms with Crippen LogP contribution in [0.4, 0.5) is 0 Å². The van der Waals surface area contributed by atoms with E-state index in [1.807, 2.05) is 24.3 Å². The first kappa shape index (κ1) is 15.9. The molecular weight excluding hydrogens is 382 g/mol. The molecule has 0 saturated carbocycles. The average Bonchev–Trinajstić information content (AvgIpc) is 2.81. The van der Waals surface area contributed by atoms with Crippen LogP contribution < -0.4 is 0 Å². The molecule has 0 aliphatic heterocycles. The van der Waals surface area contributed by atoms with E-state index in [1.54, 1.807) is 22.8 Å². The Balaban J connectivity index is 2.20. The van der Waals surface area contributed by atoms with E-state index in [0.717, 1.165) is 15.6 Å². The lowest BCUT2D eigenvalue weighted by atomic mass is 10.2. The van der Waals surface area contributed by atoms with Gasteiger partial charge in [-0.15, -0.1) is 0 Å². The molecule has 0 atom stereocenters. The van der Waals surface area contributed by atoms with Gasteiger partial charge in [0.1, 0.15) is 0 Å². The largest absolute Gasteiger partial charge is 0.505 e. The number of benzene rings is 2. The zero-order chi connectivity index (χ0) is 16.6. The van der Waals surface area contributed by atoms with Gasteiger partial charge in [-0.25, -0.2) is 4.79 Å². The first-order valence-corrected chi connectivity index (χ1v) is 8.02. The summed E-state index contributed by atoms with van der Waals surface area (Å²) in [5.41, 5.74) is 1.83. The molecule has 0 aliphatic rings. The molecule has 1 heterocycles. The van der Waals surface area contributed by atoms with Gasteiger partial charge < -0.3 is 14.4 Å². The predicted molar refractivity (Wildman–Crippen MR) is 93.2 cm³/mol. The fraction of sp³-hybridized carbons (Fsp3) is 0.118. The molecule has 23 heavy (non-hydrogen) atoms. The summed E-state index contributed by atoms with van der Waals surface area (Å²) in [5, 5.41) is 11.4. The zero-order valence-electron chi connectivity index (χ0n) is 12.2.